The number of aliphatic imine (C=N–C) groups is 1. The van der Waals surface area contributed by atoms with Gasteiger partial charge < -0.3 is 10.6 Å². The Hall–Kier alpha value is -0.820. The van der Waals surface area contributed by atoms with Crippen molar-refractivity contribution in [2.75, 3.05) is 33.2 Å². The van der Waals surface area contributed by atoms with Gasteiger partial charge in [0.05, 0.1) is 0 Å². The van der Waals surface area contributed by atoms with Gasteiger partial charge in [0, 0.05) is 39.8 Å². The summed E-state index contributed by atoms with van der Waals surface area (Å²) in [4.78, 5) is 6.80. The molecule has 0 saturated carbocycles. The van der Waals surface area contributed by atoms with Crippen molar-refractivity contribution in [3.05, 3.63) is 35.4 Å². The van der Waals surface area contributed by atoms with Crippen molar-refractivity contribution in [3.63, 3.8) is 0 Å². The summed E-state index contributed by atoms with van der Waals surface area (Å²) in [5.41, 5.74) is 3.02. The molecule has 1 aliphatic rings. The molecule has 0 aromatic heterocycles. The predicted octanol–water partition coefficient (Wildman–Crippen LogP) is 2.87. The Morgan fingerprint density at radius 3 is 2.65 bits per heavy atom. The quantitative estimate of drug-likeness (QED) is 0.316. The lowest BCUT2D eigenvalue weighted by molar-refractivity contribution is 0.251. The SMILES string of the molecule is CN=C(NCCCN1CCc2ccccc2C1)NCC(C)C.I. The molecule has 2 N–H and O–H groups in total. The van der Waals surface area contributed by atoms with Crippen LogP contribution in [0, 0.1) is 5.92 Å². The summed E-state index contributed by atoms with van der Waals surface area (Å²) in [6, 6.07) is 8.82. The molecule has 0 fully saturated rings. The molecule has 0 aliphatic carbocycles. The minimum absolute atomic E-state index is 0. The molecule has 0 amide bonds. The third-order valence-corrected chi connectivity index (χ3v) is 4.05. The van der Waals surface area contributed by atoms with Gasteiger partial charge in [0.25, 0.3) is 0 Å². The summed E-state index contributed by atoms with van der Waals surface area (Å²) >= 11 is 0. The molecule has 1 heterocycles. The number of halogens is 1. The van der Waals surface area contributed by atoms with Crippen molar-refractivity contribution in [2.24, 2.45) is 10.9 Å². The summed E-state index contributed by atoms with van der Waals surface area (Å²) in [6.45, 7) is 9.75. The second-order valence-corrected chi connectivity index (χ2v) is 6.42. The van der Waals surface area contributed by atoms with Crippen molar-refractivity contribution in [3.8, 4) is 0 Å². The van der Waals surface area contributed by atoms with Crippen molar-refractivity contribution in [2.45, 2.75) is 33.2 Å². The molecule has 0 saturated heterocycles. The summed E-state index contributed by atoms with van der Waals surface area (Å²) in [5.74, 6) is 1.55. The third kappa shape index (κ3) is 7.08. The Labute approximate surface area is 158 Å². The first-order valence-corrected chi connectivity index (χ1v) is 8.42. The van der Waals surface area contributed by atoms with Gasteiger partial charge in [-0.25, -0.2) is 0 Å². The van der Waals surface area contributed by atoms with Crippen LogP contribution in [0.3, 0.4) is 0 Å². The normalized spacial score (nSPS) is 15.0. The van der Waals surface area contributed by atoms with E-state index in [0.717, 1.165) is 38.6 Å². The van der Waals surface area contributed by atoms with Gasteiger partial charge in [-0.05, 0) is 29.9 Å². The summed E-state index contributed by atoms with van der Waals surface area (Å²) in [7, 11) is 1.83. The van der Waals surface area contributed by atoms with E-state index in [2.05, 4.69) is 58.6 Å². The number of hydrogen-bond donors (Lipinski definition) is 2. The standard InChI is InChI=1S/C18H30N4.HI/c1-15(2)13-21-18(19-3)20-10-6-11-22-12-9-16-7-4-5-8-17(16)14-22;/h4-5,7-8,15H,6,9-14H2,1-3H3,(H2,19,20,21);1H. The van der Waals surface area contributed by atoms with E-state index >= 15 is 0 Å². The van der Waals surface area contributed by atoms with Crippen molar-refractivity contribution in [1.82, 2.24) is 15.5 Å². The Morgan fingerprint density at radius 2 is 1.96 bits per heavy atom. The minimum atomic E-state index is 0. The molecule has 0 atom stereocenters. The summed E-state index contributed by atoms with van der Waals surface area (Å²) in [5, 5.41) is 6.74. The van der Waals surface area contributed by atoms with Gasteiger partial charge in [0.2, 0.25) is 0 Å². The summed E-state index contributed by atoms with van der Waals surface area (Å²) < 4.78 is 0. The van der Waals surface area contributed by atoms with E-state index in [1.54, 1.807) is 0 Å². The van der Waals surface area contributed by atoms with E-state index in [4.69, 9.17) is 0 Å². The van der Waals surface area contributed by atoms with Crippen molar-refractivity contribution < 1.29 is 0 Å². The fourth-order valence-electron chi connectivity index (χ4n) is 2.78. The van der Waals surface area contributed by atoms with Crippen LogP contribution in [0.5, 0.6) is 0 Å². The van der Waals surface area contributed by atoms with E-state index in [0.29, 0.717) is 5.92 Å². The fraction of sp³-hybridized carbons (Fsp3) is 0.611. The Bertz CT molecular complexity index is 488. The lowest BCUT2D eigenvalue weighted by Gasteiger charge is -2.28. The molecule has 5 heteroatoms. The second kappa shape index (κ2) is 10.9. The number of nitrogens with one attached hydrogen (secondary N) is 2. The van der Waals surface area contributed by atoms with E-state index < -0.39 is 0 Å². The molecule has 1 aromatic carbocycles. The smallest absolute Gasteiger partial charge is 0.190 e. The maximum Gasteiger partial charge on any atom is 0.190 e. The van der Waals surface area contributed by atoms with Gasteiger partial charge in [0.1, 0.15) is 0 Å². The van der Waals surface area contributed by atoms with Crippen LogP contribution < -0.4 is 10.6 Å². The predicted molar refractivity (Wildman–Crippen MR) is 110 cm³/mol. The molecule has 4 nitrogen and oxygen atoms in total. The zero-order valence-electron chi connectivity index (χ0n) is 14.6. The van der Waals surface area contributed by atoms with Gasteiger partial charge in [-0.2, -0.15) is 0 Å². The molecule has 130 valence electrons. The van der Waals surface area contributed by atoms with E-state index in [1.165, 1.54) is 24.1 Å². The van der Waals surface area contributed by atoms with Crippen molar-refractivity contribution in [1.29, 1.82) is 0 Å². The number of nitrogens with zero attached hydrogens (tertiary/aromatic N) is 2. The highest BCUT2D eigenvalue weighted by molar-refractivity contribution is 14.0. The minimum Gasteiger partial charge on any atom is -0.356 e. The first kappa shape index (κ1) is 20.2. The number of fused-ring (bicyclic) bond motifs is 1. The van der Waals surface area contributed by atoms with E-state index in [9.17, 15) is 0 Å². The Kier molecular flexibility index (Phi) is 9.55. The van der Waals surface area contributed by atoms with Crippen LogP contribution in [0.4, 0.5) is 0 Å². The van der Waals surface area contributed by atoms with Crippen LogP contribution in [-0.2, 0) is 13.0 Å². The molecule has 0 bridgehead atoms. The number of rotatable bonds is 6. The van der Waals surface area contributed by atoms with Gasteiger partial charge >= 0.3 is 0 Å². The van der Waals surface area contributed by atoms with Crippen LogP contribution in [0.25, 0.3) is 0 Å². The molecular formula is C18H31IN4. The molecule has 0 radical (unpaired) electrons. The lowest BCUT2D eigenvalue weighted by Crippen LogP contribution is -2.40. The zero-order valence-corrected chi connectivity index (χ0v) is 17.0. The highest BCUT2D eigenvalue weighted by Crippen LogP contribution is 2.18. The van der Waals surface area contributed by atoms with E-state index in [1.807, 2.05) is 7.05 Å². The molecule has 0 spiro atoms. The average molecular weight is 430 g/mol. The average Bonchev–Trinajstić information content (AvgIpc) is 2.54. The van der Waals surface area contributed by atoms with Gasteiger partial charge in [0.15, 0.2) is 5.96 Å². The van der Waals surface area contributed by atoms with Gasteiger partial charge in [-0.3, -0.25) is 9.89 Å². The Balaban J connectivity index is 0.00000264. The maximum atomic E-state index is 4.25. The molecule has 2 rings (SSSR count). The zero-order chi connectivity index (χ0) is 15.8. The van der Waals surface area contributed by atoms with Crippen LogP contribution >= 0.6 is 24.0 Å². The molecular weight excluding hydrogens is 399 g/mol. The third-order valence-electron chi connectivity index (χ3n) is 4.05. The highest BCUT2D eigenvalue weighted by atomic mass is 127. The molecule has 0 unspecified atom stereocenters. The topological polar surface area (TPSA) is 39.7 Å². The summed E-state index contributed by atoms with van der Waals surface area (Å²) in [6.07, 6.45) is 2.33. The second-order valence-electron chi connectivity index (χ2n) is 6.42. The van der Waals surface area contributed by atoms with Crippen molar-refractivity contribution >= 4 is 29.9 Å². The van der Waals surface area contributed by atoms with Gasteiger partial charge in [-0.1, -0.05) is 38.1 Å². The molecule has 1 aliphatic heterocycles. The molecule has 23 heavy (non-hydrogen) atoms. The van der Waals surface area contributed by atoms with E-state index in [-0.39, 0.29) is 24.0 Å². The number of hydrogen-bond acceptors (Lipinski definition) is 2. The first-order chi connectivity index (χ1) is 10.7. The number of guanidine groups is 1. The fourth-order valence-corrected chi connectivity index (χ4v) is 2.78. The number of benzene rings is 1. The van der Waals surface area contributed by atoms with Crippen LogP contribution in [0.2, 0.25) is 0 Å². The first-order valence-electron chi connectivity index (χ1n) is 8.42. The van der Waals surface area contributed by atoms with Crippen LogP contribution in [0.15, 0.2) is 29.3 Å². The molecule has 1 aromatic rings. The Morgan fingerprint density at radius 1 is 1.22 bits per heavy atom. The van der Waals surface area contributed by atoms with Crippen LogP contribution in [-0.4, -0.2) is 44.1 Å². The van der Waals surface area contributed by atoms with Crippen LogP contribution in [0.1, 0.15) is 31.4 Å². The highest BCUT2D eigenvalue weighted by Gasteiger charge is 2.14. The maximum absolute atomic E-state index is 4.25. The monoisotopic (exact) mass is 430 g/mol. The largest absolute Gasteiger partial charge is 0.356 e. The van der Waals surface area contributed by atoms with Gasteiger partial charge in [-0.15, -0.1) is 24.0 Å². The lowest BCUT2D eigenvalue weighted by atomic mass is 10.00.